The standard InChI is InChI=1S/C19H21N5O4/c1-20-15(25)10-22-6-8-23(9-7-22)16(26)11-24-12-21-17-13-4-2-3-5-14(13)28-18(17)19(24)27/h2-5,12H,6-11H2,1H3,(H,20,25). The number of carbonyl (C=O) groups excluding carboxylic acids is 2. The third-order valence-electron chi connectivity index (χ3n) is 5.03. The Labute approximate surface area is 160 Å². The minimum absolute atomic E-state index is 0.0449. The maximum absolute atomic E-state index is 12.7. The van der Waals surface area contributed by atoms with Crippen LogP contribution in [0.4, 0.5) is 0 Å². The van der Waals surface area contributed by atoms with Crippen LogP contribution in [0.2, 0.25) is 0 Å². The van der Waals surface area contributed by atoms with Crippen LogP contribution >= 0.6 is 0 Å². The van der Waals surface area contributed by atoms with Gasteiger partial charge in [-0.3, -0.25) is 23.9 Å². The summed E-state index contributed by atoms with van der Waals surface area (Å²) >= 11 is 0. The molecule has 28 heavy (non-hydrogen) atoms. The summed E-state index contributed by atoms with van der Waals surface area (Å²) in [5.41, 5.74) is 0.894. The molecule has 0 aliphatic carbocycles. The zero-order chi connectivity index (χ0) is 19.7. The zero-order valence-electron chi connectivity index (χ0n) is 15.6. The molecule has 1 N–H and O–H groups in total. The summed E-state index contributed by atoms with van der Waals surface area (Å²) in [6, 6.07) is 7.32. The summed E-state index contributed by atoms with van der Waals surface area (Å²) in [5.74, 6) is -0.199. The highest BCUT2D eigenvalue weighted by molar-refractivity contribution is 6.01. The molecule has 4 rings (SSSR count). The number of rotatable bonds is 4. The van der Waals surface area contributed by atoms with Crippen LogP contribution in [0.15, 0.2) is 39.8 Å². The highest BCUT2D eigenvalue weighted by Gasteiger charge is 2.23. The van der Waals surface area contributed by atoms with E-state index in [1.807, 2.05) is 23.1 Å². The second kappa shape index (κ2) is 7.43. The summed E-state index contributed by atoms with van der Waals surface area (Å²) in [6.07, 6.45) is 1.40. The van der Waals surface area contributed by atoms with Gasteiger partial charge in [-0.25, -0.2) is 4.98 Å². The Morgan fingerprint density at radius 2 is 1.89 bits per heavy atom. The average molecular weight is 383 g/mol. The molecule has 1 aliphatic rings. The van der Waals surface area contributed by atoms with Crippen LogP contribution in [0.3, 0.4) is 0 Å². The lowest BCUT2D eigenvalue weighted by molar-refractivity contribution is -0.133. The predicted octanol–water partition coefficient (Wildman–Crippen LogP) is 0.0329. The second-order valence-corrected chi connectivity index (χ2v) is 6.78. The van der Waals surface area contributed by atoms with Gasteiger partial charge < -0.3 is 14.6 Å². The van der Waals surface area contributed by atoms with Gasteiger partial charge in [-0.15, -0.1) is 0 Å². The topological polar surface area (TPSA) is 101 Å². The van der Waals surface area contributed by atoms with Crippen LogP contribution in [0.5, 0.6) is 0 Å². The molecule has 1 aliphatic heterocycles. The summed E-state index contributed by atoms with van der Waals surface area (Å²) < 4.78 is 6.93. The van der Waals surface area contributed by atoms with Crippen LogP contribution in [0.1, 0.15) is 0 Å². The molecular weight excluding hydrogens is 362 g/mol. The fourth-order valence-corrected chi connectivity index (χ4v) is 3.41. The number of furan rings is 1. The molecule has 0 unspecified atom stereocenters. The lowest BCUT2D eigenvalue weighted by Gasteiger charge is -2.34. The molecule has 9 heteroatoms. The van der Waals surface area contributed by atoms with Gasteiger partial charge in [0.25, 0.3) is 5.56 Å². The number of nitrogens with one attached hydrogen (secondary N) is 1. The molecular formula is C19H21N5O4. The summed E-state index contributed by atoms with van der Waals surface area (Å²) in [4.78, 5) is 44.8. The van der Waals surface area contributed by atoms with E-state index >= 15 is 0 Å². The third-order valence-corrected chi connectivity index (χ3v) is 5.03. The molecule has 0 saturated carbocycles. The van der Waals surface area contributed by atoms with Crippen LogP contribution in [0, 0.1) is 0 Å². The molecule has 9 nitrogen and oxygen atoms in total. The largest absolute Gasteiger partial charge is 0.448 e. The highest BCUT2D eigenvalue weighted by Crippen LogP contribution is 2.24. The van der Waals surface area contributed by atoms with E-state index in [0.717, 1.165) is 5.39 Å². The van der Waals surface area contributed by atoms with Crippen molar-refractivity contribution >= 4 is 33.9 Å². The number of hydrogen-bond donors (Lipinski definition) is 1. The molecule has 3 aromatic rings. The minimum atomic E-state index is -0.368. The first kappa shape index (κ1) is 18.2. The van der Waals surface area contributed by atoms with E-state index in [2.05, 4.69) is 10.3 Å². The van der Waals surface area contributed by atoms with Crippen LogP contribution < -0.4 is 10.9 Å². The predicted molar refractivity (Wildman–Crippen MR) is 103 cm³/mol. The van der Waals surface area contributed by atoms with E-state index in [9.17, 15) is 14.4 Å². The van der Waals surface area contributed by atoms with Crippen LogP contribution in [0.25, 0.3) is 22.1 Å². The number of para-hydroxylation sites is 1. The van der Waals surface area contributed by atoms with Gasteiger partial charge in [0.05, 0.1) is 12.9 Å². The molecule has 0 radical (unpaired) electrons. The number of nitrogens with zero attached hydrogens (tertiary/aromatic N) is 4. The maximum Gasteiger partial charge on any atom is 0.297 e. The van der Waals surface area contributed by atoms with Crippen molar-refractivity contribution in [1.29, 1.82) is 0 Å². The van der Waals surface area contributed by atoms with Gasteiger partial charge in [-0.1, -0.05) is 12.1 Å². The lowest BCUT2D eigenvalue weighted by Crippen LogP contribution is -2.51. The third kappa shape index (κ3) is 3.36. The number of carbonyl (C=O) groups is 2. The number of piperazine rings is 1. The maximum atomic E-state index is 12.7. The number of likely N-dealkylation sites (N-methyl/N-ethyl adjacent to an activating group) is 1. The van der Waals surface area contributed by atoms with E-state index in [-0.39, 0.29) is 29.5 Å². The van der Waals surface area contributed by atoms with Crippen molar-refractivity contribution < 1.29 is 14.0 Å². The van der Waals surface area contributed by atoms with E-state index in [4.69, 9.17) is 4.42 Å². The molecule has 1 fully saturated rings. The van der Waals surface area contributed by atoms with Crippen molar-refractivity contribution in [3.05, 3.63) is 40.9 Å². The first-order valence-electron chi connectivity index (χ1n) is 9.14. The Balaban J connectivity index is 1.47. The van der Waals surface area contributed by atoms with Crippen LogP contribution in [-0.4, -0.2) is 70.9 Å². The van der Waals surface area contributed by atoms with Gasteiger partial charge in [0.1, 0.15) is 17.6 Å². The number of hydrogen-bond acceptors (Lipinski definition) is 6. The van der Waals surface area contributed by atoms with Gasteiger partial charge in [0.15, 0.2) is 0 Å². The Bertz CT molecular complexity index is 1090. The summed E-state index contributed by atoms with van der Waals surface area (Å²) in [6.45, 7) is 2.51. The Morgan fingerprint density at radius 3 is 2.64 bits per heavy atom. The molecule has 0 bridgehead atoms. The fraction of sp³-hybridized carbons (Fsp3) is 0.368. The van der Waals surface area contributed by atoms with E-state index in [1.165, 1.54) is 10.9 Å². The van der Waals surface area contributed by atoms with Crippen molar-refractivity contribution in [2.24, 2.45) is 0 Å². The van der Waals surface area contributed by atoms with Crippen molar-refractivity contribution in [2.45, 2.75) is 6.54 Å². The number of amides is 2. The molecule has 2 aromatic heterocycles. The first-order valence-corrected chi connectivity index (χ1v) is 9.14. The van der Waals surface area contributed by atoms with Gasteiger partial charge in [0.2, 0.25) is 17.4 Å². The summed E-state index contributed by atoms with van der Waals surface area (Å²) in [7, 11) is 1.60. The van der Waals surface area contributed by atoms with Crippen molar-refractivity contribution in [3.63, 3.8) is 0 Å². The second-order valence-electron chi connectivity index (χ2n) is 6.78. The first-order chi connectivity index (χ1) is 13.6. The van der Waals surface area contributed by atoms with Crippen molar-refractivity contribution in [3.8, 4) is 0 Å². The normalized spacial score (nSPS) is 15.2. The van der Waals surface area contributed by atoms with Gasteiger partial charge in [-0.2, -0.15) is 0 Å². The molecule has 146 valence electrons. The number of aromatic nitrogens is 2. The van der Waals surface area contributed by atoms with Crippen LogP contribution in [-0.2, 0) is 16.1 Å². The zero-order valence-corrected chi connectivity index (χ0v) is 15.6. The van der Waals surface area contributed by atoms with Gasteiger partial charge in [0, 0.05) is 38.6 Å². The van der Waals surface area contributed by atoms with E-state index in [0.29, 0.717) is 43.8 Å². The fourth-order valence-electron chi connectivity index (χ4n) is 3.41. The monoisotopic (exact) mass is 383 g/mol. The smallest absolute Gasteiger partial charge is 0.297 e. The highest BCUT2D eigenvalue weighted by atomic mass is 16.3. The van der Waals surface area contributed by atoms with Gasteiger partial charge >= 0.3 is 0 Å². The molecule has 0 atom stereocenters. The molecule has 3 heterocycles. The van der Waals surface area contributed by atoms with Crippen molar-refractivity contribution in [1.82, 2.24) is 24.7 Å². The number of benzene rings is 1. The SMILES string of the molecule is CNC(=O)CN1CCN(C(=O)Cn2cnc3c(oc4ccccc43)c2=O)CC1. The molecule has 2 amide bonds. The number of fused-ring (bicyclic) bond motifs is 3. The molecule has 0 spiro atoms. The van der Waals surface area contributed by atoms with E-state index < -0.39 is 0 Å². The van der Waals surface area contributed by atoms with Gasteiger partial charge in [-0.05, 0) is 12.1 Å². The summed E-state index contributed by atoms with van der Waals surface area (Å²) in [5, 5.41) is 3.37. The lowest BCUT2D eigenvalue weighted by atomic mass is 10.2. The van der Waals surface area contributed by atoms with E-state index in [1.54, 1.807) is 18.0 Å². The quantitative estimate of drug-likeness (QED) is 0.682. The van der Waals surface area contributed by atoms with Crippen molar-refractivity contribution in [2.75, 3.05) is 39.8 Å². The molecule has 1 saturated heterocycles. The Morgan fingerprint density at radius 1 is 1.14 bits per heavy atom. The average Bonchev–Trinajstić information content (AvgIpc) is 3.10. The Kier molecular flexibility index (Phi) is 4.82. The minimum Gasteiger partial charge on any atom is -0.448 e. The molecule has 1 aromatic carbocycles. The Hall–Kier alpha value is -3.20.